The highest BCUT2D eigenvalue weighted by molar-refractivity contribution is 7.15. The maximum Gasteiger partial charge on any atom is 0.328 e. The standard InChI is InChI=1S/C36H37N3O4S/c1-23-36(44-24(2)37-23)32-13-9-27-22-29(10-12-31(27)38-32)35-28(11-14-33(40)39-16-18-43-19-17-39)20-25(8-15-34(41)42)21-30(35)26-6-4-3-5-7-26/h8-15,20-22,26H,3-7,16-19H2,1-2H3,(H,41,42)/b14-11+,15-8+. The number of nitrogens with zero attached hydrogens (tertiary/aromatic N) is 3. The van der Waals surface area contributed by atoms with Crippen LogP contribution in [0.3, 0.4) is 0 Å². The summed E-state index contributed by atoms with van der Waals surface area (Å²) in [5, 5.41) is 11.4. The third-order valence-electron chi connectivity index (χ3n) is 8.53. The highest BCUT2D eigenvalue weighted by atomic mass is 32.1. The number of fused-ring (bicyclic) bond motifs is 1. The van der Waals surface area contributed by atoms with Crippen LogP contribution in [-0.4, -0.2) is 58.2 Å². The van der Waals surface area contributed by atoms with Gasteiger partial charge in [0.25, 0.3) is 0 Å². The Morgan fingerprint density at radius 3 is 2.48 bits per heavy atom. The van der Waals surface area contributed by atoms with Crippen LogP contribution in [-0.2, 0) is 14.3 Å². The second kappa shape index (κ2) is 13.2. The van der Waals surface area contributed by atoms with Crippen LogP contribution >= 0.6 is 11.3 Å². The number of hydrogen-bond donors (Lipinski definition) is 1. The summed E-state index contributed by atoms with van der Waals surface area (Å²) in [6.45, 7) is 6.27. The summed E-state index contributed by atoms with van der Waals surface area (Å²) in [5.41, 5.74) is 7.91. The summed E-state index contributed by atoms with van der Waals surface area (Å²) in [6.07, 6.45) is 12.1. The van der Waals surface area contributed by atoms with E-state index >= 15 is 0 Å². The second-order valence-electron chi connectivity index (χ2n) is 11.6. The minimum Gasteiger partial charge on any atom is -0.478 e. The van der Waals surface area contributed by atoms with Crippen molar-refractivity contribution in [3.8, 4) is 21.7 Å². The Hall–Kier alpha value is -4.14. The van der Waals surface area contributed by atoms with Crippen molar-refractivity contribution in [2.45, 2.75) is 51.9 Å². The molecule has 6 rings (SSSR count). The van der Waals surface area contributed by atoms with Crippen molar-refractivity contribution in [1.82, 2.24) is 14.9 Å². The highest BCUT2D eigenvalue weighted by Gasteiger charge is 2.23. The number of pyridine rings is 1. The smallest absolute Gasteiger partial charge is 0.328 e. The molecule has 2 aliphatic rings. The summed E-state index contributed by atoms with van der Waals surface area (Å²) < 4.78 is 5.43. The molecule has 0 bridgehead atoms. The molecule has 1 aliphatic carbocycles. The molecular weight excluding hydrogens is 570 g/mol. The summed E-state index contributed by atoms with van der Waals surface area (Å²) in [4.78, 5) is 37.0. The monoisotopic (exact) mass is 607 g/mol. The van der Waals surface area contributed by atoms with Crippen molar-refractivity contribution in [1.29, 1.82) is 0 Å². The number of carbonyl (C=O) groups excluding carboxylic acids is 1. The number of morpholine rings is 1. The van der Waals surface area contributed by atoms with E-state index in [1.165, 1.54) is 30.9 Å². The Labute approximate surface area is 261 Å². The first-order valence-electron chi connectivity index (χ1n) is 15.3. The SMILES string of the molecule is Cc1nc(C)c(-c2ccc3cc(-c4c(/C=C/C(=O)N5CCOCC5)cc(/C=C/C(=O)O)cc4C4CCCCC4)ccc3n2)s1. The van der Waals surface area contributed by atoms with E-state index in [0.29, 0.717) is 32.2 Å². The molecule has 1 N–H and O–H groups in total. The molecule has 3 heterocycles. The average molecular weight is 608 g/mol. The van der Waals surface area contributed by atoms with E-state index in [-0.39, 0.29) is 5.91 Å². The van der Waals surface area contributed by atoms with Gasteiger partial charge < -0.3 is 14.7 Å². The number of aliphatic carboxylic acids is 1. The quantitative estimate of drug-likeness (QED) is 0.217. The zero-order chi connectivity index (χ0) is 30.6. The Balaban J connectivity index is 1.47. The van der Waals surface area contributed by atoms with Crippen molar-refractivity contribution in [2.24, 2.45) is 0 Å². The van der Waals surface area contributed by atoms with Crippen LogP contribution in [0, 0.1) is 13.8 Å². The number of ether oxygens (including phenoxy) is 1. The van der Waals surface area contributed by atoms with Crippen molar-refractivity contribution in [3.63, 3.8) is 0 Å². The molecule has 0 unspecified atom stereocenters. The zero-order valence-electron chi connectivity index (χ0n) is 25.2. The lowest BCUT2D eigenvalue weighted by Crippen LogP contribution is -2.39. The summed E-state index contributed by atoms with van der Waals surface area (Å²) in [6, 6.07) is 14.7. The van der Waals surface area contributed by atoms with E-state index < -0.39 is 5.97 Å². The Kier molecular flexibility index (Phi) is 9.00. The number of hydrogen-bond acceptors (Lipinski definition) is 6. The van der Waals surface area contributed by atoms with Crippen LogP contribution in [0.25, 0.3) is 44.8 Å². The molecule has 1 saturated carbocycles. The van der Waals surface area contributed by atoms with E-state index in [9.17, 15) is 14.7 Å². The third-order valence-corrected chi connectivity index (χ3v) is 9.62. The zero-order valence-corrected chi connectivity index (χ0v) is 26.0. The Bertz CT molecular complexity index is 1760. The van der Waals surface area contributed by atoms with E-state index in [1.54, 1.807) is 23.5 Å². The maximum atomic E-state index is 13.1. The van der Waals surface area contributed by atoms with Gasteiger partial charge in [-0.2, -0.15) is 0 Å². The molecule has 0 spiro atoms. The lowest BCUT2D eigenvalue weighted by molar-refractivity contribution is -0.131. The summed E-state index contributed by atoms with van der Waals surface area (Å²) in [7, 11) is 0. The molecule has 2 aromatic carbocycles. The summed E-state index contributed by atoms with van der Waals surface area (Å²) >= 11 is 1.66. The topological polar surface area (TPSA) is 92.6 Å². The molecule has 44 heavy (non-hydrogen) atoms. The first kappa shape index (κ1) is 29.9. The van der Waals surface area contributed by atoms with Crippen molar-refractivity contribution in [3.05, 3.63) is 82.0 Å². The van der Waals surface area contributed by atoms with Crippen LogP contribution < -0.4 is 0 Å². The minimum absolute atomic E-state index is 0.0474. The summed E-state index contributed by atoms with van der Waals surface area (Å²) in [5.74, 6) is -0.681. The molecule has 8 heteroatoms. The minimum atomic E-state index is -0.988. The normalized spacial score (nSPS) is 16.4. The number of aryl methyl sites for hydroxylation is 2. The van der Waals surface area contributed by atoms with Gasteiger partial charge in [-0.05, 0) is 96.8 Å². The average Bonchev–Trinajstić information content (AvgIpc) is 3.39. The molecule has 0 atom stereocenters. The van der Waals surface area contributed by atoms with Gasteiger partial charge in [0.05, 0.1) is 40.0 Å². The van der Waals surface area contributed by atoms with Gasteiger partial charge in [-0.3, -0.25) is 4.79 Å². The maximum absolute atomic E-state index is 13.1. The van der Waals surface area contributed by atoms with Gasteiger partial charge in [0.15, 0.2) is 0 Å². The van der Waals surface area contributed by atoms with Gasteiger partial charge in [0, 0.05) is 30.6 Å². The van der Waals surface area contributed by atoms with Crippen molar-refractivity contribution >= 4 is 46.3 Å². The number of aromatic nitrogens is 2. The Morgan fingerprint density at radius 2 is 1.75 bits per heavy atom. The molecule has 1 saturated heterocycles. The second-order valence-corrected chi connectivity index (χ2v) is 12.8. The molecule has 2 fully saturated rings. The predicted octanol–water partition coefficient (Wildman–Crippen LogP) is 7.66. The number of rotatable bonds is 7. The molecule has 2 aromatic heterocycles. The van der Waals surface area contributed by atoms with Crippen LogP contribution in [0.4, 0.5) is 0 Å². The molecule has 226 valence electrons. The highest BCUT2D eigenvalue weighted by Crippen LogP contribution is 2.42. The lowest BCUT2D eigenvalue weighted by atomic mass is 9.78. The fraction of sp³-hybridized carbons (Fsp3) is 0.333. The van der Waals surface area contributed by atoms with E-state index in [2.05, 4.69) is 41.4 Å². The molecule has 4 aromatic rings. The van der Waals surface area contributed by atoms with Crippen molar-refractivity contribution < 1.29 is 19.4 Å². The number of thiazole rings is 1. The first-order chi connectivity index (χ1) is 21.4. The van der Waals surface area contributed by atoms with Gasteiger partial charge in [-0.25, -0.2) is 14.8 Å². The number of amides is 1. The third kappa shape index (κ3) is 6.66. The number of carbonyl (C=O) groups is 2. The Morgan fingerprint density at radius 1 is 0.955 bits per heavy atom. The molecule has 7 nitrogen and oxygen atoms in total. The van der Waals surface area contributed by atoms with E-state index in [4.69, 9.17) is 9.72 Å². The lowest BCUT2D eigenvalue weighted by Gasteiger charge is -2.27. The largest absolute Gasteiger partial charge is 0.478 e. The van der Waals surface area contributed by atoms with Crippen LogP contribution in [0.5, 0.6) is 0 Å². The van der Waals surface area contributed by atoms with Crippen molar-refractivity contribution in [2.75, 3.05) is 26.3 Å². The number of carboxylic acid groups (broad SMARTS) is 1. The van der Waals surface area contributed by atoms with Gasteiger partial charge >= 0.3 is 5.97 Å². The van der Waals surface area contributed by atoms with Gasteiger partial charge in [0.2, 0.25) is 5.91 Å². The molecule has 0 radical (unpaired) electrons. The van der Waals surface area contributed by atoms with Crippen LogP contribution in [0.15, 0.2) is 54.6 Å². The molecule has 1 aliphatic heterocycles. The van der Waals surface area contributed by atoms with Crippen LogP contribution in [0.1, 0.15) is 65.4 Å². The van der Waals surface area contributed by atoms with E-state index in [0.717, 1.165) is 67.3 Å². The first-order valence-corrected chi connectivity index (χ1v) is 16.2. The molecular formula is C36H37N3O4S. The van der Waals surface area contributed by atoms with Crippen LogP contribution in [0.2, 0.25) is 0 Å². The predicted molar refractivity (Wildman–Crippen MR) is 177 cm³/mol. The van der Waals surface area contributed by atoms with Gasteiger partial charge in [0.1, 0.15) is 0 Å². The number of carboxylic acids is 1. The fourth-order valence-corrected chi connectivity index (χ4v) is 7.29. The van der Waals surface area contributed by atoms with Gasteiger partial charge in [-0.1, -0.05) is 37.5 Å². The van der Waals surface area contributed by atoms with E-state index in [1.807, 2.05) is 30.9 Å². The fourth-order valence-electron chi connectivity index (χ4n) is 6.40. The number of benzene rings is 2. The van der Waals surface area contributed by atoms with Gasteiger partial charge in [-0.15, -0.1) is 11.3 Å². The molecule has 1 amide bonds.